The van der Waals surface area contributed by atoms with E-state index in [4.69, 9.17) is 11.6 Å². The molecule has 0 unspecified atom stereocenters. The second-order valence-corrected chi connectivity index (χ2v) is 6.89. The van der Waals surface area contributed by atoms with Crippen molar-refractivity contribution in [2.45, 2.75) is 13.0 Å². The van der Waals surface area contributed by atoms with Gasteiger partial charge in [-0.15, -0.1) is 11.3 Å². The molecule has 1 aromatic heterocycles. The average Bonchev–Trinajstić information content (AvgIpc) is 2.91. The van der Waals surface area contributed by atoms with Crippen LogP contribution in [0.5, 0.6) is 0 Å². The number of halogens is 3. The summed E-state index contributed by atoms with van der Waals surface area (Å²) in [7, 11) is 1.65. The van der Waals surface area contributed by atoms with Crippen LogP contribution in [-0.4, -0.2) is 30.3 Å². The van der Waals surface area contributed by atoms with Gasteiger partial charge in [0.05, 0.1) is 16.4 Å². The van der Waals surface area contributed by atoms with E-state index in [1.165, 1.54) is 16.2 Å². The molecule has 0 radical (unpaired) electrons. The molecule has 4 nitrogen and oxygen atoms in total. The Labute approximate surface area is 147 Å². The number of thiophene rings is 1. The molecule has 0 saturated heterocycles. The van der Waals surface area contributed by atoms with Crippen molar-refractivity contribution in [3.63, 3.8) is 0 Å². The van der Waals surface area contributed by atoms with Crippen LogP contribution in [0.25, 0.3) is 0 Å². The van der Waals surface area contributed by atoms with Crippen molar-refractivity contribution in [2.75, 3.05) is 13.6 Å². The van der Waals surface area contributed by atoms with Crippen LogP contribution in [0.1, 0.15) is 21.7 Å². The van der Waals surface area contributed by atoms with Gasteiger partial charge in [0.2, 0.25) is 5.91 Å². The monoisotopic (exact) mass is 372 g/mol. The Morgan fingerprint density at radius 3 is 2.62 bits per heavy atom. The van der Waals surface area contributed by atoms with E-state index in [9.17, 15) is 18.4 Å². The fourth-order valence-electron chi connectivity index (χ4n) is 2.00. The molecular formula is C16H15ClF2N2O2S. The van der Waals surface area contributed by atoms with Gasteiger partial charge >= 0.3 is 0 Å². The highest BCUT2D eigenvalue weighted by Gasteiger charge is 2.14. The predicted octanol–water partition coefficient (Wildman–Crippen LogP) is 3.46. The SMILES string of the molecule is CN(Cc1ccc(Cl)s1)C(=O)CCNC(=O)c1ccc(F)cc1F. The quantitative estimate of drug-likeness (QED) is 0.844. The molecule has 0 bridgehead atoms. The summed E-state index contributed by atoms with van der Waals surface area (Å²) in [5.41, 5.74) is -0.259. The van der Waals surface area contributed by atoms with Gasteiger partial charge in [-0.3, -0.25) is 9.59 Å². The van der Waals surface area contributed by atoms with Crippen LogP contribution >= 0.6 is 22.9 Å². The minimum atomic E-state index is -0.939. The number of amides is 2. The number of carbonyl (C=O) groups excluding carboxylic acids is 2. The Morgan fingerprint density at radius 2 is 2.00 bits per heavy atom. The lowest BCUT2D eigenvalue weighted by Gasteiger charge is -2.16. The third-order valence-corrected chi connectivity index (χ3v) is 4.46. The zero-order valence-corrected chi connectivity index (χ0v) is 14.4. The first-order valence-corrected chi connectivity index (χ1v) is 8.27. The molecule has 128 valence electrons. The normalized spacial score (nSPS) is 10.5. The molecule has 1 heterocycles. The number of carbonyl (C=O) groups is 2. The van der Waals surface area contributed by atoms with E-state index in [-0.39, 0.29) is 24.4 Å². The van der Waals surface area contributed by atoms with Crippen molar-refractivity contribution in [2.24, 2.45) is 0 Å². The highest BCUT2D eigenvalue weighted by atomic mass is 35.5. The number of hydrogen-bond donors (Lipinski definition) is 1. The van der Waals surface area contributed by atoms with Crippen LogP contribution in [0.2, 0.25) is 4.34 Å². The standard InChI is InChI=1S/C16H15ClF2N2O2S/c1-21(9-11-3-5-14(17)24-11)15(22)6-7-20-16(23)12-4-2-10(18)8-13(12)19/h2-5,8H,6-7,9H2,1H3,(H,20,23). The van der Waals surface area contributed by atoms with E-state index in [0.717, 1.165) is 17.0 Å². The Morgan fingerprint density at radius 1 is 1.25 bits per heavy atom. The summed E-state index contributed by atoms with van der Waals surface area (Å²) in [6, 6.07) is 6.31. The Kier molecular flexibility index (Phi) is 6.28. The van der Waals surface area contributed by atoms with Gasteiger partial charge in [0.1, 0.15) is 11.6 Å². The van der Waals surface area contributed by atoms with E-state index in [0.29, 0.717) is 16.9 Å². The lowest BCUT2D eigenvalue weighted by Crippen LogP contribution is -2.32. The van der Waals surface area contributed by atoms with Crippen molar-refractivity contribution >= 4 is 34.8 Å². The third-order valence-electron chi connectivity index (χ3n) is 3.25. The van der Waals surface area contributed by atoms with Crippen molar-refractivity contribution in [1.82, 2.24) is 10.2 Å². The molecule has 0 spiro atoms. The van der Waals surface area contributed by atoms with Gasteiger partial charge in [0.15, 0.2) is 0 Å². The summed E-state index contributed by atoms with van der Waals surface area (Å²) in [6.07, 6.45) is 0.0736. The van der Waals surface area contributed by atoms with Crippen molar-refractivity contribution < 1.29 is 18.4 Å². The molecule has 24 heavy (non-hydrogen) atoms. The zero-order valence-electron chi connectivity index (χ0n) is 12.8. The molecule has 0 aliphatic carbocycles. The number of nitrogens with one attached hydrogen (secondary N) is 1. The number of rotatable bonds is 6. The van der Waals surface area contributed by atoms with Crippen molar-refractivity contribution in [3.8, 4) is 0 Å². The van der Waals surface area contributed by atoms with Gasteiger partial charge in [-0.05, 0) is 24.3 Å². The highest BCUT2D eigenvalue weighted by molar-refractivity contribution is 7.16. The first-order valence-electron chi connectivity index (χ1n) is 7.08. The third kappa shape index (κ3) is 5.01. The van der Waals surface area contributed by atoms with Crippen molar-refractivity contribution in [1.29, 1.82) is 0 Å². The summed E-state index contributed by atoms with van der Waals surface area (Å²) in [4.78, 5) is 26.3. The van der Waals surface area contributed by atoms with Gasteiger partial charge in [-0.2, -0.15) is 0 Å². The maximum absolute atomic E-state index is 13.5. The molecule has 2 rings (SSSR count). The molecule has 2 amide bonds. The molecule has 0 atom stereocenters. The number of benzene rings is 1. The summed E-state index contributed by atoms with van der Waals surface area (Å²) < 4.78 is 26.9. The van der Waals surface area contributed by atoms with Gasteiger partial charge in [0.25, 0.3) is 5.91 Å². The summed E-state index contributed by atoms with van der Waals surface area (Å²) in [5, 5.41) is 2.45. The van der Waals surface area contributed by atoms with Crippen LogP contribution in [0.15, 0.2) is 30.3 Å². The maximum Gasteiger partial charge on any atom is 0.254 e. The highest BCUT2D eigenvalue weighted by Crippen LogP contribution is 2.22. The smallest absolute Gasteiger partial charge is 0.254 e. The Balaban J connectivity index is 1.80. The summed E-state index contributed by atoms with van der Waals surface area (Å²) >= 11 is 7.23. The second-order valence-electron chi connectivity index (χ2n) is 5.09. The van der Waals surface area contributed by atoms with Gasteiger partial charge < -0.3 is 10.2 Å². The van der Waals surface area contributed by atoms with E-state index in [1.54, 1.807) is 13.1 Å². The maximum atomic E-state index is 13.5. The lowest BCUT2D eigenvalue weighted by atomic mass is 10.2. The summed E-state index contributed by atoms with van der Waals surface area (Å²) in [5.74, 6) is -2.55. The van der Waals surface area contributed by atoms with Gasteiger partial charge in [-0.25, -0.2) is 8.78 Å². The lowest BCUT2D eigenvalue weighted by molar-refractivity contribution is -0.130. The largest absolute Gasteiger partial charge is 0.351 e. The first-order chi connectivity index (χ1) is 11.4. The van der Waals surface area contributed by atoms with Gasteiger partial charge in [-0.1, -0.05) is 11.6 Å². The molecule has 0 aliphatic rings. The van der Waals surface area contributed by atoms with Crippen LogP contribution < -0.4 is 5.32 Å². The minimum absolute atomic E-state index is 0.0595. The fraction of sp³-hybridized carbons (Fsp3) is 0.250. The van der Waals surface area contributed by atoms with E-state index in [2.05, 4.69) is 5.32 Å². The summed E-state index contributed by atoms with van der Waals surface area (Å²) in [6.45, 7) is 0.487. The Bertz CT molecular complexity index is 751. The first kappa shape index (κ1) is 18.4. The van der Waals surface area contributed by atoms with E-state index < -0.39 is 17.5 Å². The van der Waals surface area contributed by atoms with Crippen LogP contribution in [0.4, 0.5) is 8.78 Å². The molecule has 1 N–H and O–H groups in total. The molecule has 8 heteroatoms. The van der Waals surface area contributed by atoms with E-state index in [1.807, 2.05) is 6.07 Å². The zero-order chi connectivity index (χ0) is 17.7. The Hall–Kier alpha value is -1.99. The number of hydrogen-bond acceptors (Lipinski definition) is 3. The topological polar surface area (TPSA) is 49.4 Å². The van der Waals surface area contributed by atoms with E-state index >= 15 is 0 Å². The predicted molar refractivity (Wildman–Crippen MR) is 89.1 cm³/mol. The van der Waals surface area contributed by atoms with Crippen LogP contribution in [-0.2, 0) is 11.3 Å². The molecule has 0 fully saturated rings. The number of nitrogens with zero attached hydrogens (tertiary/aromatic N) is 1. The van der Waals surface area contributed by atoms with Crippen molar-refractivity contribution in [3.05, 3.63) is 56.7 Å². The molecular weight excluding hydrogens is 358 g/mol. The average molecular weight is 373 g/mol. The fourth-order valence-corrected chi connectivity index (χ4v) is 3.14. The van der Waals surface area contributed by atoms with Gasteiger partial charge in [0, 0.05) is 31.0 Å². The van der Waals surface area contributed by atoms with Crippen LogP contribution in [0.3, 0.4) is 0 Å². The van der Waals surface area contributed by atoms with Crippen LogP contribution in [0, 0.1) is 11.6 Å². The molecule has 0 saturated carbocycles. The molecule has 2 aromatic rings. The molecule has 0 aliphatic heterocycles. The second kappa shape index (κ2) is 8.21. The minimum Gasteiger partial charge on any atom is -0.351 e. The molecule has 1 aromatic carbocycles.